The van der Waals surface area contributed by atoms with Crippen molar-refractivity contribution < 1.29 is 14.6 Å². The van der Waals surface area contributed by atoms with Gasteiger partial charge in [0.1, 0.15) is 0 Å². The summed E-state index contributed by atoms with van der Waals surface area (Å²) < 4.78 is 5.24. The van der Waals surface area contributed by atoms with E-state index in [2.05, 4.69) is 19.2 Å². The molecule has 136 valence electrons. The third-order valence-electron chi connectivity index (χ3n) is 4.31. The maximum Gasteiger partial charge on any atom is 0.308 e. The Hall–Kier alpha value is -1.55. The van der Waals surface area contributed by atoms with Crippen molar-refractivity contribution in [1.82, 2.24) is 0 Å². The largest absolute Gasteiger partial charge is 0.466 e. The summed E-state index contributed by atoms with van der Waals surface area (Å²) >= 11 is 0. The summed E-state index contributed by atoms with van der Waals surface area (Å²) in [6.07, 6.45) is 5.40. The van der Waals surface area contributed by atoms with Gasteiger partial charge in [0.05, 0.1) is 19.1 Å². The molecule has 2 N–H and O–H groups in total. The molecule has 0 saturated carbocycles. The van der Waals surface area contributed by atoms with E-state index in [1.54, 1.807) is 0 Å². The molecule has 2 unspecified atom stereocenters. The third kappa shape index (κ3) is 8.92. The zero-order valence-electron chi connectivity index (χ0n) is 15.2. The number of carbonyl (C=O) groups excluding carboxylic acids is 1. The van der Waals surface area contributed by atoms with Gasteiger partial charge in [-0.25, -0.2) is 0 Å². The minimum atomic E-state index is -0.575. The molecule has 0 aliphatic rings. The van der Waals surface area contributed by atoms with Gasteiger partial charge in [0.25, 0.3) is 0 Å². The van der Waals surface area contributed by atoms with Gasteiger partial charge in [0.15, 0.2) is 0 Å². The van der Waals surface area contributed by atoms with E-state index in [9.17, 15) is 9.90 Å². The minimum absolute atomic E-state index is 0.116. The van der Waals surface area contributed by atoms with Gasteiger partial charge in [-0.3, -0.25) is 4.79 Å². The first kappa shape index (κ1) is 20.5. The van der Waals surface area contributed by atoms with Gasteiger partial charge in [-0.2, -0.15) is 0 Å². The highest BCUT2D eigenvalue weighted by atomic mass is 16.5. The predicted octanol–water partition coefficient (Wildman–Crippen LogP) is 4.39. The number of aliphatic hydroxyl groups excluding tert-OH is 1. The molecule has 1 aromatic rings. The van der Waals surface area contributed by atoms with Crippen LogP contribution in [0.3, 0.4) is 0 Å². The van der Waals surface area contributed by atoms with Gasteiger partial charge in [-0.05, 0) is 37.3 Å². The predicted molar refractivity (Wildman–Crippen MR) is 99.1 cm³/mol. The molecule has 0 fully saturated rings. The first-order chi connectivity index (χ1) is 11.7. The number of carbonyl (C=O) groups is 1. The summed E-state index contributed by atoms with van der Waals surface area (Å²) in [6.45, 7) is 5.49. The van der Waals surface area contributed by atoms with Crippen LogP contribution in [0.25, 0.3) is 0 Å². The lowest BCUT2D eigenvalue weighted by Crippen LogP contribution is -2.24. The van der Waals surface area contributed by atoms with Crippen molar-refractivity contribution in [2.75, 3.05) is 18.5 Å². The fourth-order valence-corrected chi connectivity index (χ4v) is 2.73. The van der Waals surface area contributed by atoms with Gasteiger partial charge >= 0.3 is 5.97 Å². The van der Waals surface area contributed by atoms with Gasteiger partial charge in [0.2, 0.25) is 0 Å². The number of nitrogens with one attached hydrogen (secondary N) is 1. The van der Waals surface area contributed by atoms with Crippen molar-refractivity contribution in [2.45, 2.75) is 64.9 Å². The molecule has 0 amide bonds. The van der Waals surface area contributed by atoms with Crippen LogP contribution in [0.4, 0.5) is 5.69 Å². The molecule has 0 spiro atoms. The highest BCUT2D eigenvalue weighted by Gasteiger charge is 2.20. The van der Waals surface area contributed by atoms with Crippen molar-refractivity contribution in [2.24, 2.45) is 5.92 Å². The zero-order chi connectivity index (χ0) is 17.6. The summed E-state index contributed by atoms with van der Waals surface area (Å²) in [5.74, 6) is -0.0824. The summed E-state index contributed by atoms with van der Waals surface area (Å²) in [5.41, 5.74) is 1.11. The molecule has 0 aliphatic carbocycles. The monoisotopic (exact) mass is 335 g/mol. The third-order valence-corrected chi connectivity index (χ3v) is 4.31. The molecule has 0 radical (unpaired) electrons. The standard InChI is InChI=1S/C20H33NO3/c1-3-5-11-17(4-2)19(22)16-20(23)24-15-10-9-14-21-18-12-7-6-8-13-18/h6-8,12-13,17,19,21-22H,3-5,9-11,14-16H2,1-2H3. The van der Waals surface area contributed by atoms with Crippen LogP contribution in [0.15, 0.2) is 30.3 Å². The number of ether oxygens (including phenoxy) is 1. The van der Waals surface area contributed by atoms with Crippen LogP contribution >= 0.6 is 0 Å². The Kier molecular flexibility index (Phi) is 10.9. The van der Waals surface area contributed by atoms with Crippen LogP contribution in [0.1, 0.15) is 58.8 Å². The number of anilines is 1. The first-order valence-corrected chi connectivity index (χ1v) is 9.30. The van der Waals surface area contributed by atoms with Crippen molar-refractivity contribution in [3.8, 4) is 0 Å². The quantitative estimate of drug-likeness (QED) is 0.415. The molecule has 0 bridgehead atoms. The van der Waals surface area contributed by atoms with Crippen molar-refractivity contribution in [3.05, 3.63) is 30.3 Å². The summed E-state index contributed by atoms with van der Waals surface area (Å²) in [7, 11) is 0. The number of hydrogen-bond donors (Lipinski definition) is 2. The molecule has 24 heavy (non-hydrogen) atoms. The lowest BCUT2D eigenvalue weighted by molar-refractivity contribution is -0.146. The SMILES string of the molecule is CCCCC(CC)C(O)CC(=O)OCCCCNc1ccccc1. The maximum absolute atomic E-state index is 11.8. The van der Waals surface area contributed by atoms with Gasteiger partial charge in [0, 0.05) is 12.2 Å². The number of aliphatic hydroxyl groups is 1. The number of unbranched alkanes of at least 4 members (excludes halogenated alkanes) is 2. The van der Waals surface area contributed by atoms with Crippen LogP contribution in [-0.2, 0) is 9.53 Å². The van der Waals surface area contributed by atoms with Crippen molar-refractivity contribution >= 4 is 11.7 Å². The first-order valence-electron chi connectivity index (χ1n) is 9.30. The topological polar surface area (TPSA) is 58.6 Å². The number of esters is 1. The Morgan fingerprint density at radius 1 is 1.17 bits per heavy atom. The van der Waals surface area contributed by atoms with E-state index in [-0.39, 0.29) is 18.3 Å². The molecule has 0 heterocycles. The average molecular weight is 335 g/mol. The van der Waals surface area contributed by atoms with Gasteiger partial charge < -0.3 is 15.2 Å². The summed E-state index contributed by atoms with van der Waals surface area (Å²) in [6, 6.07) is 10.1. The van der Waals surface area contributed by atoms with Gasteiger partial charge in [-0.1, -0.05) is 51.3 Å². The number of hydrogen-bond acceptors (Lipinski definition) is 4. The minimum Gasteiger partial charge on any atom is -0.466 e. The lowest BCUT2D eigenvalue weighted by Gasteiger charge is -2.20. The van der Waals surface area contributed by atoms with Crippen LogP contribution in [0.5, 0.6) is 0 Å². The van der Waals surface area contributed by atoms with E-state index in [1.807, 2.05) is 30.3 Å². The molecule has 1 rings (SSSR count). The second-order valence-electron chi connectivity index (χ2n) is 6.30. The molecule has 2 atom stereocenters. The molecular weight excluding hydrogens is 302 g/mol. The van der Waals surface area contributed by atoms with Crippen LogP contribution in [-0.4, -0.2) is 30.3 Å². The second-order valence-corrected chi connectivity index (χ2v) is 6.30. The molecule has 1 aromatic carbocycles. The van der Waals surface area contributed by atoms with Gasteiger partial charge in [-0.15, -0.1) is 0 Å². The molecule has 0 aromatic heterocycles. The number of para-hydroxylation sites is 1. The van der Waals surface area contributed by atoms with E-state index in [0.29, 0.717) is 6.61 Å². The normalized spacial score (nSPS) is 13.3. The Morgan fingerprint density at radius 2 is 1.92 bits per heavy atom. The Labute approximate surface area is 146 Å². The fraction of sp³-hybridized carbons (Fsp3) is 0.650. The molecule has 4 nitrogen and oxygen atoms in total. The molecule has 4 heteroatoms. The van der Waals surface area contributed by atoms with E-state index < -0.39 is 6.10 Å². The highest BCUT2D eigenvalue weighted by molar-refractivity contribution is 5.69. The lowest BCUT2D eigenvalue weighted by atomic mass is 9.91. The summed E-state index contributed by atoms with van der Waals surface area (Å²) in [5, 5.41) is 13.5. The molecular formula is C20H33NO3. The Bertz CT molecular complexity index is 436. The Balaban J connectivity index is 2.08. The van der Waals surface area contributed by atoms with Crippen LogP contribution in [0, 0.1) is 5.92 Å². The fourth-order valence-electron chi connectivity index (χ4n) is 2.73. The smallest absolute Gasteiger partial charge is 0.308 e. The zero-order valence-corrected chi connectivity index (χ0v) is 15.2. The number of rotatable bonds is 13. The maximum atomic E-state index is 11.8. The van der Waals surface area contributed by atoms with Crippen molar-refractivity contribution in [3.63, 3.8) is 0 Å². The molecule has 0 aliphatic heterocycles. The average Bonchev–Trinajstić information content (AvgIpc) is 2.59. The number of benzene rings is 1. The Morgan fingerprint density at radius 3 is 2.58 bits per heavy atom. The van der Waals surface area contributed by atoms with Crippen molar-refractivity contribution in [1.29, 1.82) is 0 Å². The van der Waals surface area contributed by atoms with E-state index in [4.69, 9.17) is 4.74 Å². The van der Waals surface area contributed by atoms with E-state index in [0.717, 1.165) is 50.8 Å². The second kappa shape index (κ2) is 12.8. The summed E-state index contributed by atoms with van der Waals surface area (Å²) in [4.78, 5) is 11.8. The van der Waals surface area contributed by atoms with E-state index in [1.165, 1.54) is 0 Å². The molecule has 0 saturated heterocycles. The van der Waals surface area contributed by atoms with Crippen LogP contribution < -0.4 is 5.32 Å². The van der Waals surface area contributed by atoms with Crippen LogP contribution in [0.2, 0.25) is 0 Å². The van der Waals surface area contributed by atoms with E-state index >= 15 is 0 Å². The highest BCUT2D eigenvalue weighted by Crippen LogP contribution is 2.19.